The summed E-state index contributed by atoms with van der Waals surface area (Å²) in [5.74, 6) is 0.478. The molecule has 1 aromatic rings. The molecular weight excluding hydrogens is 236 g/mol. The van der Waals surface area contributed by atoms with Crippen LogP contribution < -0.4 is 0 Å². The van der Waals surface area contributed by atoms with Crippen molar-refractivity contribution in [2.75, 3.05) is 0 Å². The number of Topliss-reactive ketones (excluding diaryl/α,β-unsaturated/α-hetero) is 2. The summed E-state index contributed by atoms with van der Waals surface area (Å²) in [6, 6.07) is 9.89. The van der Waals surface area contributed by atoms with Crippen LogP contribution in [0, 0.1) is 0 Å². The zero-order valence-corrected chi connectivity index (χ0v) is 12.0. The molecule has 19 heavy (non-hydrogen) atoms. The lowest BCUT2D eigenvalue weighted by molar-refractivity contribution is -0.120. The van der Waals surface area contributed by atoms with E-state index in [0.717, 1.165) is 24.8 Å². The van der Waals surface area contributed by atoms with Gasteiger partial charge in [-0.2, -0.15) is 0 Å². The second-order valence-corrected chi connectivity index (χ2v) is 5.21. The molecule has 0 saturated heterocycles. The molecule has 0 radical (unpaired) electrons. The Morgan fingerprint density at radius 2 is 1.74 bits per heavy atom. The van der Waals surface area contributed by atoms with Gasteiger partial charge in [0.2, 0.25) is 0 Å². The topological polar surface area (TPSA) is 34.1 Å². The van der Waals surface area contributed by atoms with Crippen LogP contribution in [0.4, 0.5) is 0 Å². The van der Waals surface area contributed by atoms with Gasteiger partial charge in [0, 0.05) is 19.3 Å². The van der Waals surface area contributed by atoms with E-state index in [1.807, 2.05) is 30.3 Å². The standard InChI is InChI=1S/C17H24O2/c1-3-4-6-11-17(19)13-16(12-14(2)18)15-9-7-5-8-10-15/h5,7-10,16H,3-4,6,11-13H2,1-2H3/t16-/m0/s1. The molecule has 2 nitrogen and oxygen atoms in total. The third kappa shape index (κ3) is 6.32. The Morgan fingerprint density at radius 1 is 1.05 bits per heavy atom. The first kappa shape index (κ1) is 15.6. The summed E-state index contributed by atoms with van der Waals surface area (Å²) in [6.45, 7) is 3.73. The lowest BCUT2D eigenvalue weighted by Gasteiger charge is -2.15. The summed E-state index contributed by atoms with van der Waals surface area (Å²) in [6.07, 6.45) is 4.81. The average Bonchev–Trinajstić information content (AvgIpc) is 2.39. The van der Waals surface area contributed by atoms with E-state index in [1.54, 1.807) is 6.92 Å². The lowest BCUT2D eigenvalue weighted by Crippen LogP contribution is -2.10. The lowest BCUT2D eigenvalue weighted by atomic mass is 9.88. The molecule has 104 valence electrons. The molecule has 0 aliphatic rings. The molecule has 0 fully saturated rings. The van der Waals surface area contributed by atoms with Gasteiger partial charge in [-0.15, -0.1) is 0 Å². The van der Waals surface area contributed by atoms with E-state index in [-0.39, 0.29) is 17.5 Å². The molecule has 1 atom stereocenters. The molecule has 0 aliphatic heterocycles. The van der Waals surface area contributed by atoms with Crippen LogP contribution >= 0.6 is 0 Å². The smallest absolute Gasteiger partial charge is 0.133 e. The summed E-state index contributed by atoms with van der Waals surface area (Å²) in [7, 11) is 0. The maximum atomic E-state index is 12.0. The molecule has 2 heteroatoms. The fourth-order valence-electron chi connectivity index (χ4n) is 2.33. The van der Waals surface area contributed by atoms with Crippen molar-refractivity contribution >= 4 is 11.6 Å². The van der Waals surface area contributed by atoms with Gasteiger partial charge in [-0.3, -0.25) is 4.79 Å². The Balaban J connectivity index is 2.60. The first-order chi connectivity index (χ1) is 9.13. The average molecular weight is 260 g/mol. The van der Waals surface area contributed by atoms with E-state index in [0.29, 0.717) is 19.3 Å². The van der Waals surface area contributed by atoms with Crippen molar-refractivity contribution < 1.29 is 9.59 Å². The maximum Gasteiger partial charge on any atom is 0.133 e. The molecule has 1 aromatic carbocycles. The molecule has 0 N–H and O–H groups in total. The minimum Gasteiger partial charge on any atom is -0.300 e. The Labute approximate surface area is 116 Å². The van der Waals surface area contributed by atoms with Gasteiger partial charge in [0.1, 0.15) is 11.6 Å². The van der Waals surface area contributed by atoms with E-state index >= 15 is 0 Å². The SMILES string of the molecule is CCCCCC(=O)C[C@H](CC(C)=O)c1ccccc1. The summed E-state index contributed by atoms with van der Waals surface area (Å²) >= 11 is 0. The summed E-state index contributed by atoms with van der Waals surface area (Å²) in [5.41, 5.74) is 1.10. The van der Waals surface area contributed by atoms with Crippen molar-refractivity contribution in [2.45, 2.75) is 58.3 Å². The van der Waals surface area contributed by atoms with E-state index in [1.165, 1.54) is 0 Å². The van der Waals surface area contributed by atoms with Crippen molar-refractivity contribution in [3.63, 3.8) is 0 Å². The second-order valence-electron chi connectivity index (χ2n) is 5.21. The number of ketones is 2. The van der Waals surface area contributed by atoms with Crippen LogP contribution in [0.1, 0.15) is 63.9 Å². The number of rotatable bonds is 9. The number of benzene rings is 1. The van der Waals surface area contributed by atoms with Crippen LogP contribution in [0.15, 0.2) is 30.3 Å². The predicted molar refractivity (Wildman–Crippen MR) is 78.2 cm³/mol. The molecule has 0 amide bonds. The van der Waals surface area contributed by atoms with Crippen LogP contribution in [-0.4, -0.2) is 11.6 Å². The van der Waals surface area contributed by atoms with Gasteiger partial charge in [0.15, 0.2) is 0 Å². The minimum atomic E-state index is 0.0489. The highest BCUT2D eigenvalue weighted by atomic mass is 16.1. The number of hydrogen-bond acceptors (Lipinski definition) is 2. The molecule has 0 unspecified atom stereocenters. The van der Waals surface area contributed by atoms with Gasteiger partial charge in [-0.1, -0.05) is 50.1 Å². The molecule has 0 spiro atoms. The van der Waals surface area contributed by atoms with Crippen LogP contribution in [0.3, 0.4) is 0 Å². The largest absolute Gasteiger partial charge is 0.300 e. The Kier molecular flexibility index (Phi) is 7.09. The monoisotopic (exact) mass is 260 g/mol. The maximum absolute atomic E-state index is 12.0. The zero-order chi connectivity index (χ0) is 14.1. The third-order valence-corrected chi connectivity index (χ3v) is 3.34. The first-order valence-electron chi connectivity index (χ1n) is 7.19. The molecule has 0 aromatic heterocycles. The highest BCUT2D eigenvalue weighted by Crippen LogP contribution is 2.25. The van der Waals surface area contributed by atoms with Gasteiger partial charge in [-0.05, 0) is 24.8 Å². The fraction of sp³-hybridized carbons (Fsp3) is 0.529. The number of carbonyl (C=O) groups excluding carboxylic acids is 2. The molecular formula is C17H24O2. The minimum absolute atomic E-state index is 0.0489. The Hall–Kier alpha value is -1.44. The van der Waals surface area contributed by atoms with E-state index in [4.69, 9.17) is 0 Å². The molecule has 1 rings (SSSR count). The van der Waals surface area contributed by atoms with Crippen molar-refractivity contribution in [1.82, 2.24) is 0 Å². The van der Waals surface area contributed by atoms with E-state index in [2.05, 4.69) is 6.92 Å². The van der Waals surface area contributed by atoms with E-state index < -0.39 is 0 Å². The van der Waals surface area contributed by atoms with Gasteiger partial charge < -0.3 is 4.79 Å². The molecule has 0 aliphatic carbocycles. The summed E-state index contributed by atoms with van der Waals surface area (Å²) < 4.78 is 0. The van der Waals surface area contributed by atoms with Gasteiger partial charge >= 0.3 is 0 Å². The zero-order valence-electron chi connectivity index (χ0n) is 12.0. The third-order valence-electron chi connectivity index (χ3n) is 3.34. The number of hydrogen-bond donors (Lipinski definition) is 0. The van der Waals surface area contributed by atoms with Gasteiger partial charge in [-0.25, -0.2) is 0 Å². The summed E-state index contributed by atoms with van der Waals surface area (Å²) in [5, 5.41) is 0. The highest BCUT2D eigenvalue weighted by Gasteiger charge is 2.17. The quantitative estimate of drug-likeness (QED) is 0.621. The first-order valence-corrected chi connectivity index (χ1v) is 7.19. The molecule has 0 saturated carbocycles. The number of unbranched alkanes of at least 4 members (excludes halogenated alkanes) is 2. The van der Waals surface area contributed by atoms with Crippen LogP contribution in [0.5, 0.6) is 0 Å². The molecule has 0 heterocycles. The van der Waals surface area contributed by atoms with Crippen LogP contribution in [0.2, 0.25) is 0 Å². The predicted octanol–water partition coefficient (Wildman–Crippen LogP) is 4.29. The Morgan fingerprint density at radius 3 is 2.32 bits per heavy atom. The van der Waals surface area contributed by atoms with Crippen molar-refractivity contribution in [2.24, 2.45) is 0 Å². The highest BCUT2D eigenvalue weighted by molar-refractivity contribution is 5.81. The van der Waals surface area contributed by atoms with Crippen LogP contribution in [0.25, 0.3) is 0 Å². The second kappa shape index (κ2) is 8.63. The van der Waals surface area contributed by atoms with Gasteiger partial charge in [0.05, 0.1) is 0 Å². The Bertz CT molecular complexity index is 395. The normalized spacial score (nSPS) is 12.1. The number of carbonyl (C=O) groups is 2. The summed E-state index contributed by atoms with van der Waals surface area (Å²) in [4.78, 5) is 23.3. The fourth-order valence-corrected chi connectivity index (χ4v) is 2.33. The van der Waals surface area contributed by atoms with Crippen LogP contribution in [-0.2, 0) is 9.59 Å². The molecule has 0 bridgehead atoms. The van der Waals surface area contributed by atoms with Gasteiger partial charge in [0.25, 0.3) is 0 Å². The van der Waals surface area contributed by atoms with E-state index in [9.17, 15) is 9.59 Å². The van der Waals surface area contributed by atoms with Crippen molar-refractivity contribution in [3.8, 4) is 0 Å². The van der Waals surface area contributed by atoms with Crippen molar-refractivity contribution in [3.05, 3.63) is 35.9 Å². The van der Waals surface area contributed by atoms with Crippen molar-refractivity contribution in [1.29, 1.82) is 0 Å².